The van der Waals surface area contributed by atoms with Gasteiger partial charge in [-0.1, -0.05) is 27.7 Å². The lowest BCUT2D eigenvalue weighted by atomic mass is 9.41. The molecule has 6 aliphatic rings. The van der Waals surface area contributed by atoms with Gasteiger partial charge >= 0.3 is 0 Å². The van der Waals surface area contributed by atoms with Crippen molar-refractivity contribution in [3.05, 3.63) is 11.8 Å². The zero-order valence-corrected chi connectivity index (χ0v) is 23.5. The van der Waals surface area contributed by atoms with Gasteiger partial charge in [0.25, 0.3) is 0 Å². The lowest BCUT2D eigenvalue weighted by Gasteiger charge is -2.63. The zero-order valence-electron chi connectivity index (χ0n) is 23.5. The second kappa shape index (κ2) is 6.99. The largest absolute Gasteiger partial charge is 0.515 e. The van der Waals surface area contributed by atoms with E-state index in [1.54, 1.807) is 0 Å². The Labute approximate surface area is 217 Å². The summed E-state index contributed by atoms with van der Waals surface area (Å²) in [6.45, 7) is 15.0. The highest BCUT2D eigenvalue weighted by molar-refractivity contribution is 6.00. The summed E-state index contributed by atoms with van der Waals surface area (Å²) in [7, 11) is 0. The number of carbonyl (C=O) groups is 1. The highest BCUT2D eigenvalue weighted by Gasteiger charge is 2.84. The number of hydrogen-bond donors (Lipinski definition) is 3. The summed E-state index contributed by atoms with van der Waals surface area (Å²) in [6, 6.07) is 0. The highest BCUT2D eigenvalue weighted by Crippen LogP contribution is 2.89. The molecule has 3 N–H and O–H groups in total. The Balaban J connectivity index is 1.36. The monoisotopic (exact) mass is 500 g/mol. The molecule has 0 aromatic carbocycles. The van der Waals surface area contributed by atoms with E-state index in [0.717, 1.165) is 64.0 Å². The molecule has 0 amide bonds. The standard InChI is InChI=1S/C31H48O5/c1-25(2)20-8-9-21-28(6)15-19(33)23(29(7)11-10-22(36-29)26(3,4)35)27(28,5)12-13-30(21)17-31(20,30)14-18(16-32)24(25)34/h16,19-23,32-33,35H,8-15,17H2,1-7H3/b18-16-/t19?,20?,21?,22-,23?,27-,28+,29+,30+,31-/m1/s1. The van der Waals surface area contributed by atoms with E-state index in [9.17, 15) is 20.1 Å². The van der Waals surface area contributed by atoms with Gasteiger partial charge in [-0.25, -0.2) is 0 Å². The number of ketones is 1. The number of aliphatic hydroxyl groups is 3. The van der Waals surface area contributed by atoms with Crippen LogP contribution >= 0.6 is 0 Å². The van der Waals surface area contributed by atoms with E-state index in [0.29, 0.717) is 17.4 Å². The van der Waals surface area contributed by atoms with Crippen LogP contribution in [0.1, 0.15) is 106 Å². The fourth-order valence-electron chi connectivity index (χ4n) is 12.0. The summed E-state index contributed by atoms with van der Waals surface area (Å²) in [4.78, 5) is 13.2. The minimum absolute atomic E-state index is 0.00230. The third-order valence-electron chi connectivity index (χ3n) is 13.6. The van der Waals surface area contributed by atoms with Crippen LogP contribution in [0.2, 0.25) is 0 Å². The predicted molar refractivity (Wildman–Crippen MR) is 138 cm³/mol. The van der Waals surface area contributed by atoms with E-state index in [1.807, 2.05) is 13.8 Å². The number of allylic oxidation sites excluding steroid dienone is 1. The van der Waals surface area contributed by atoms with Crippen molar-refractivity contribution >= 4 is 5.78 Å². The van der Waals surface area contributed by atoms with E-state index < -0.39 is 22.7 Å². The van der Waals surface area contributed by atoms with Gasteiger partial charge in [0.1, 0.15) is 0 Å². The third kappa shape index (κ3) is 2.71. The number of rotatable bonds is 2. The summed E-state index contributed by atoms with van der Waals surface area (Å²) < 4.78 is 6.67. The maximum Gasteiger partial charge on any atom is 0.167 e. The number of Topliss-reactive ketones (excluding diaryl/α,β-unsaturated/α-hetero) is 1. The topological polar surface area (TPSA) is 87.0 Å². The third-order valence-corrected chi connectivity index (χ3v) is 13.6. The van der Waals surface area contributed by atoms with Crippen molar-refractivity contribution in [1.29, 1.82) is 0 Å². The Bertz CT molecular complexity index is 1020. The number of ether oxygens (including phenoxy) is 1. The van der Waals surface area contributed by atoms with E-state index in [-0.39, 0.29) is 39.5 Å². The molecule has 0 aromatic rings. The Hall–Kier alpha value is -0.910. The quantitative estimate of drug-likeness (QED) is 0.333. The van der Waals surface area contributed by atoms with Crippen LogP contribution in [0.15, 0.2) is 11.8 Å². The normalized spacial score (nSPS) is 56.6. The van der Waals surface area contributed by atoms with E-state index in [4.69, 9.17) is 4.74 Å². The molecule has 1 heterocycles. The fraction of sp³-hybridized carbons (Fsp3) is 0.903. The van der Waals surface area contributed by atoms with Crippen LogP contribution in [-0.2, 0) is 9.53 Å². The molecule has 202 valence electrons. The second-order valence-electron chi connectivity index (χ2n) is 15.7. The van der Waals surface area contributed by atoms with Crippen LogP contribution in [0.4, 0.5) is 0 Å². The molecule has 36 heavy (non-hydrogen) atoms. The van der Waals surface area contributed by atoms with Gasteiger partial charge in [-0.05, 0) is 112 Å². The minimum Gasteiger partial charge on any atom is -0.515 e. The fourth-order valence-corrected chi connectivity index (χ4v) is 12.0. The van der Waals surface area contributed by atoms with Crippen LogP contribution in [0.5, 0.6) is 0 Å². The summed E-state index contributed by atoms with van der Waals surface area (Å²) in [6.07, 6.45) is 9.26. The summed E-state index contributed by atoms with van der Waals surface area (Å²) in [5.74, 6) is 1.07. The molecule has 6 rings (SSSR count). The lowest BCUT2D eigenvalue weighted by Crippen LogP contribution is -2.59. The molecular weight excluding hydrogens is 452 g/mol. The molecule has 0 aromatic heterocycles. The van der Waals surface area contributed by atoms with Gasteiger partial charge in [-0.2, -0.15) is 0 Å². The number of aliphatic hydroxyl groups excluding tert-OH is 2. The average molecular weight is 501 g/mol. The Morgan fingerprint density at radius 3 is 2.22 bits per heavy atom. The second-order valence-corrected chi connectivity index (χ2v) is 15.7. The molecule has 1 aliphatic heterocycles. The maximum atomic E-state index is 13.2. The average Bonchev–Trinajstić information content (AvgIpc) is 3.15. The first-order valence-electron chi connectivity index (χ1n) is 14.5. The van der Waals surface area contributed by atoms with Crippen molar-refractivity contribution < 1.29 is 24.9 Å². The Kier molecular flexibility index (Phi) is 4.92. The van der Waals surface area contributed by atoms with Crippen molar-refractivity contribution in [3.8, 4) is 0 Å². The molecule has 5 aliphatic carbocycles. The molecule has 5 heteroatoms. The molecule has 10 atom stereocenters. The summed E-state index contributed by atoms with van der Waals surface area (Å²) in [5, 5.41) is 32.4. The molecule has 5 nitrogen and oxygen atoms in total. The van der Waals surface area contributed by atoms with Gasteiger partial charge in [0.15, 0.2) is 5.78 Å². The van der Waals surface area contributed by atoms with Gasteiger partial charge in [0, 0.05) is 16.9 Å². The van der Waals surface area contributed by atoms with Crippen molar-refractivity contribution in [3.63, 3.8) is 0 Å². The van der Waals surface area contributed by atoms with Crippen LogP contribution in [0.25, 0.3) is 0 Å². The van der Waals surface area contributed by atoms with Crippen LogP contribution in [-0.4, -0.2) is 44.5 Å². The van der Waals surface area contributed by atoms with Gasteiger partial charge in [0.05, 0.1) is 29.7 Å². The number of hydrogen-bond acceptors (Lipinski definition) is 5. The molecule has 2 spiro atoms. The molecule has 1 saturated heterocycles. The van der Waals surface area contributed by atoms with Crippen LogP contribution < -0.4 is 0 Å². The van der Waals surface area contributed by atoms with Crippen LogP contribution in [0.3, 0.4) is 0 Å². The maximum absolute atomic E-state index is 13.2. The van der Waals surface area contributed by atoms with E-state index in [2.05, 4.69) is 34.6 Å². The molecule has 6 fully saturated rings. The SMILES string of the molecule is CC1(C)C(=O)/C(=C\O)C[C@]23C[C@]24CC[C@]2(C)C([C@]5(C)CC[C@H](C(C)(C)O)O5)C(O)C[C@@]2(C)C4CCC13. The van der Waals surface area contributed by atoms with E-state index in [1.165, 1.54) is 0 Å². The molecule has 0 radical (unpaired) electrons. The van der Waals surface area contributed by atoms with Gasteiger partial charge in [-0.3, -0.25) is 4.79 Å². The predicted octanol–water partition coefficient (Wildman–Crippen LogP) is 5.73. The van der Waals surface area contributed by atoms with Crippen molar-refractivity contribution in [1.82, 2.24) is 0 Å². The smallest absolute Gasteiger partial charge is 0.167 e. The molecule has 5 saturated carbocycles. The highest BCUT2D eigenvalue weighted by atomic mass is 16.5. The first kappa shape index (κ1) is 25.4. The molecule has 4 unspecified atom stereocenters. The van der Waals surface area contributed by atoms with Crippen molar-refractivity contribution in [2.24, 2.45) is 44.8 Å². The molecule has 0 bridgehead atoms. The van der Waals surface area contributed by atoms with Gasteiger partial charge in [-0.15, -0.1) is 0 Å². The zero-order chi connectivity index (χ0) is 26.3. The Morgan fingerprint density at radius 1 is 0.944 bits per heavy atom. The van der Waals surface area contributed by atoms with Gasteiger partial charge in [0.2, 0.25) is 0 Å². The summed E-state index contributed by atoms with van der Waals surface area (Å²) >= 11 is 0. The van der Waals surface area contributed by atoms with Crippen LogP contribution in [0, 0.1) is 44.8 Å². The summed E-state index contributed by atoms with van der Waals surface area (Å²) in [5.41, 5.74) is -0.864. The first-order chi connectivity index (χ1) is 16.5. The first-order valence-corrected chi connectivity index (χ1v) is 14.5. The molecular formula is C31H48O5. The van der Waals surface area contributed by atoms with E-state index >= 15 is 0 Å². The number of fused-ring (bicyclic) bond motifs is 2. The van der Waals surface area contributed by atoms with Gasteiger partial charge < -0.3 is 20.1 Å². The number of carbonyl (C=O) groups excluding carboxylic acids is 1. The Morgan fingerprint density at radius 2 is 1.61 bits per heavy atom. The van der Waals surface area contributed by atoms with Crippen molar-refractivity contribution in [2.75, 3.05) is 0 Å². The van der Waals surface area contributed by atoms with Crippen molar-refractivity contribution in [2.45, 2.75) is 130 Å². The minimum atomic E-state index is -0.885. The lowest BCUT2D eigenvalue weighted by molar-refractivity contribution is -0.191.